The second-order valence-electron chi connectivity index (χ2n) is 7.15. The number of methoxy groups -OCH3 is 1. The van der Waals surface area contributed by atoms with Crippen molar-refractivity contribution in [1.29, 1.82) is 0 Å². The number of benzene rings is 2. The van der Waals surface area contributed by atoms with Crippen molar-refractivity contribution in [2.75, 3.05) is 40.0 Å². The smallest absolute Gasteiger partial charge is 0.257 e. The van der Waals surface area contributed by atoms with Gasteiger partial charge in [0.25, 0.3) is 5.91 Å². The lowest BCUT2D eigenvalue weighted by molar-refractivity contribution is -0.135. The highest BCUT2D eigenvalue weighted by Crippen LogP contribution is 2.36. The number of nitrogens with zero attached hydrogens (tertiary/aromatic N) is 3. The molecule has 0 N–H and O–H groups in total. The number of carbonyl (C=O) groups excluding carboxylic acids is 1. The van der Waals surface area contributed by atoms with Gasteiger partial charge in [-0.2, -0.15) is 5.10 Å². The maximum atomic E-state index is 13.2. The van der Waals surface area contributed by atoms with Gasteiger partial charge in [-0.25, -0.2) is 5.01 Å². The van der Waals surface area contributed by atoms with E-state index in [0.717, 1.165) is 35.7 Å². The van der Waals surface area contributed by atoms with E-state index in [-0.39, 0.29) is 11.9 Å². The Labute approximate surface area is 175 Å². The molecular formula is C22H24ClN3O3. The van der Waals surface area contributed by atoms with Crippen molar-refractivity contribution in [3.8, 4) is 5.75 Å². The largest absolute Gasteiger partial charge is 0.497 e. The third-order valence-corrected chi connectivity index (χ3v) is 5.64. The molecule has 7 heteroatoms. The molecule has 0 aliphatic carbocycles. The first-order valence-electron chi connectivity index (χ1n) is 9.74. The maximum absolute atomic E-state index is 13.2. The fourth-order valence-corrected chi connectivity index (χ4v) is 3.99. The number of morpholine rings is 1. The van der Waals surface area contributed by atoms with Gasteiger partial charge in [0.2, 0.25) is 0 Å². The summed E-state index contributed by atoms with van der Waals surface area (Å²) >= 11 is 6.47. The molecule has 29 heavy (non-hydrogen) atoms. The van der Waals surface area contributed by atoms with Crippen molar-refractivity contribution in [1.82, 2.24) is 9.91 Å². The molecule has 2 aliphatic heterocycles. The third kappa shape index (κ3) is 4.45. The van der Waals surface area contributed by atoms with Crippen LogP contribution in [0.25, 0.3) is 0 Å². The normalized spacial score (nSPS) is 19.9. The van der Waals surface area contributed by atoms with Gasteiger partial charge in [-0.15, -0.1) is 0 Å². The predicted molar refractivity (Wildman–Crippen MR) is 112 cm³/mol. The second kappa shape index (κ2) is 8.95. The Kier molecular flexibility index (Phi) is 6.13. The van der Waals surface area contributed by atoms with Crippen molar-refractivity contribution < 1.29 is 14.3 Å². The molecule has 2 heterocycles. The molecule has 2 aromatic carbocycles. The van der Waals surface area contributed by atoms with Crippen LogP contribution in [-0.2, 0) is 9.53 Å². The van der Waals surface area contributed by atoms with Gasteiger partial charge in [-0.05, 0) is 23.8 Å². The summed E-state index contributed by atoms with van der Waals surface area (Å²) < 4.78 is 10.7. The molecule has 0 saturated carbocycles. The van der Waals surface area contributed by atoms with E-state index in [1.165, 1.54) is 0 Å². The minimum absolute atomic E-state index is 0.0327. The molecule has 1 atom stereocenters. The van der Waals surface area contributed by atoms with Crippen molar-refractivity contribution in [2.45, 2.75) is 12.5 Å². The van der Waals surface area contributed by atoms with Gasteiger partial charge in [0.05, 0.1) is 38.6 Å². The van der Waals surface area contributed by atoms with Crippen LogP contribution in [0.4, 0.5) is 0 Å². The highest BCUT2D eigenvalue weighted by Gasteiger charge is 2.35. The fourth-order valence-electron chi connectivity index (χ4n) is 3.73. The number of carbonyl (C=O) groups is 1. The molecular weight excluding hydrogens is 390 g/mol. The molecule has 0 spiro atoms. The van der Waals surface area contributed by atoms with Crippen molar-refractivity contribution >= 4 is 23.2 Å². The standard InChI is InChI=1S/C22H24ClN3O3/c1-28-17-6-4-5-16(13-17)20-14-21(18-7-2-3-8-19(18)23)26(24-20)22(27)15-25-9-11-29-12-10-25/h2-8,13,21H,9-12,14-15H2,1H3. The first-order valence-corrected chi connectivity index (χ1v) is 10.1. The first-order chi connectivity index (χ1) is 14.2. The van der Waals surface area contributed by atoms with Crippen LogP contribution in [0.3, 0.4) is 0 Å². The van der Waals surface area contributed by atoms with Gasteiger partial charge in [-0.3, -0.25) is 9.69 Å². The molecule has 1 fully saturated rings. The Hall–Kier alpha value is -2.41. The van der Waals surface area contributed by atoms with Crippen molar-refractivity contribution in [2.24, 2.45) is 5.10 Å². The quantitative estimate of drug-likeness (QED) is 0.754. The number of ether oxygens (including phenoxy) is 2. The third-order valence-electron chi connectivity index (χ3n) is 5.30. The fraction of sp³-hybridized carbons (Fsp3) is 0.364. The maximum Gasteiger partial charge on any atom is 0.257 e. The molecule has 1 unspecified atom stereocenters. The summed E-state index contributed by atoms with van der Waals surface area (Å²) in [6.45, 7) is 3.13. The molecule has 2 aromatic rings. The number of halogens is 1. The lowest BCUT2D eigenvalue weighted by Gasteiger charge is -2.29. The Morgan fingerprint density at radius 2 is 2.00 bits per heavy atom. The van der Waals surface area contributed by atoms with E-state index in [2.05, 4.69) is 4.90 Å². The van der Waals surface area contributed by atoms with Gasteiger partial charge in [0.1, 0.15) is 5.75 Å². The Morgan fingerprint density at radius 1 is 1.21 bits per heavy atom. The van der Waals surface area contributed by atoms with E-state index in [0.29, 0.717) is 31.2 Å². The first kappa shape index (κ1) is 19.9. The topological polar surface area (TPSA) is 54.4 Å². The van der Waals surface area contributed by atoms with E-state index in [9.17, 15) is 4.79 Å². The zero-order valence-corrected chi connectivity index (χ0v) is 17.1. The van der Waals surface area contributed by atoms with Crippen LogP contribution < -0.4 is 4.74 Å². The van der Waals surface area contributed by atoms with Gasteiger partial charge in [0, 0.05) is 30.1 Å². The Balaban J connectivity index is 1.63. The minimum atomic E-state index is -0.224. The average Bonchev–Trinajstić information content (AvgIpc) is 3.20. The summed E-state index contributed by atoms with van der Waals surface area (Å²) in [7, 11) is 1.64. The summed E-state index contributed by atoms with van der Waals surface area (Å²) in [6, 6.07) is 15.2. The van der Waals surface area contributed by atoms with E-state index in [1.54, 1.807) is 12.1 Å². The van der Waals surface area contributed by atoms with Gasteiger partial charge in [-0.1, -0.05) is 41.9 Å². The molecule has 6 nitrogen and oxygen atoms in total. The highest BCUT2D eigenvalue weighted by atomic mass is 35.5. The van der Waals surface area contributed by atoms with Crippen molar-refractivity contribution in [3.63, 3.8) is 0 Å². The lowest BCUT2D eigenvalue weighted by atomic mass is 9.98. The molecule has 2 aliphatic rings. The molecule has 0 radical (unpaired) electrons. The van der Waals surface area contributed by atoms with Crippen LogP contribution in [0.1, 0.15) is 23.6 Å². The molecule has 0 aromatic heterocycles. The zero-order valence-electron chi connectivity index (χ0n) is 16.4. The monoisotopic (exact) mass is 413 g/mol. The summed E-state index contributed by atoms with van der Waals surface area (Å²) in [6.07, 6.45) is 0.603. The number of amides is 1. The zero-order chi connectivity index (χ0) is 20.2. The number of hydrogen-bond acceptors (Lipinski definition) is 5. The van der Waals surface area contributed by atoms with Gasteiger partial charge in [0.15, 0.2) is 0 Å². The van der Waals surface area contributed by atoms with E-state index >= 15 is 0 Å². The van der Waals surface area contributed by atoms with Gasteiger partial charge >= 0.3 is 0 Å². The Morgan fingerprint density at radius 3 is 2.76 bits per heavy atom. The number of hydrazone groups is 1. The summed E-state index contributed by atoms with van der Waals surface area (Å²) in [5.41, 5.74) is 2.71. The van der Waals surface area contributed by atoms with E-state index in [1.807, 2.05) is 48.5 Å². The van der Waals surface area contributed by atoms with E-state index in [4.69, 9.17) is 26.2 Å². The van der Waals surface area contributed by atoms with Crippen LogP contribution in [0, 0.1) is 0 Å². The Bertz CT molecular complexity index is 912. The SMILES string of the molecule is COc1cccc(C2=NN(C(=O)CN3CCOCC3)C(c3ccccc3Cl)C2)c1. The molecule has 0 bridgehead atoms. The van der Waals surface area contributed by atoms with Gasteiger partial charge < -0.3 is 9.47 Å². The molecule has 1 amide bonds. The number of rotatable bonds is 5. The molecule has 4 rings (SSSR count). The lowest BCUT2D eigenvalue weighted by Crippen LogP contribution is -2.43. The highest BCUT2D eigenvalue weighted by molar-refractivity contribution is 6.31. The second-order valence-corrected chi connectivity index (χ2v) is 7.55. The van der Waals surface area contributed by atoms with Crippen LogP contribution in [0.15, 0.2) is 53.6 Å². The van der Waals surface area contributed by atoms with Crippen molar-refractivity contribution in [3.05, 3.63) is 64.7 Å². The average molecular weight is 414 g/mol. The number of hydrogen-bond donors (Lipinski definition) is 0. The summed E-state index contributed by atoms with van der Waals surface area (Å²) in [5.74, 6) is 0.729. The molecule has 1 saturated heterocycles. The van der Waals surface area contributed by atoms with E-state index < -0.39 is 0 Å². The van der Waals surface area contributed by atoms with Crippen LogP contribution >= 0.6 is 11.6 Å². The molecule has 152 valence electrons. The van der Waals surface area contributed by atoms with Crippen LogP contribution in [-0.4, -0.2) is 61.5 Å². The summed E-state index contributed by atoms with van der Waals surface area (Å²) in [5, 5.41) is 6.97. The minimum Gasteiger partial charge on any atom is -0.497 e. The summed E-state index contributed by atoms with van der Waals surface area (Å²) in [4.78, 5) is 15.3. The predicted octanol–water partition coefficient (Wildman–Crippen LogP) is 3.36. The van der Waals surface area contributed by atoms with Crippen LogP contribution in [0.2, 0.25) is 5.02 Å². The van der Waals surface area contributed by atoms with Crippen LogP contribution in [0.5, 0.6) is 5.75 Å².